The average molecular weight is 344 g/mol. The lowest BCUT2D eigenvalue weighted by Gasteiger charge is -2.07. The van der Waals surface area contributed by atoms with Gasteiger partial charge in [0.15, 0.2) is 0 Å². The lowest BCUT2D eigenvalue weighted by molar-refractivity contribution is -0.385. The topological polar surface area (TPSA) is 107 Å². The lowest BCUT2D eigenvalue weighted by Crippen LogP contribution is -2.09. The maximum Gasteiger partial charge on any atom is 0.332 e. The van der Waals surface area contributed by atoms with Gasteiger partial charge in [0.05, 0.1) is 11.5 Å². The van der Waals surface area contributed by atoms with E-state index in [1.807, 2.05) is 11.4 Å². The summed E-state index contributed by atoms with van der Waals surface area (Å²) in [6, 6.07) is 1.91. The maximum atomic E-state index is 11.0. The first-order valence-electron chi connectivity index (χ1n) is 5.23. The fraction of sp³-hybridized carbons (Fsp3) is 0.200. The van der Waals surface area contributed by atoms with Crippen LogP contribution >= 0.6 is 27.3 Å². The van der Waals surface area contributed by atoms with Crippen molar-refractivity contribution in [2.24, 2.45) is 0 Å². The van der Waals surface area contributed by atoms with Crippen LogP contribution in [-0.2, 0) is 6.54 Å². The van der Waals surface area contributed by atoms with Crippen molar-refractivity contribution in [1.82, 2.24) is 9.97 Å². The zero-order valence-electron chi connectivity index (χ0n) is 9.88. The molecule has 2 heterocycles. The van der Waals surface area contributed by atoms with Gasteiger partial charge in [-0.05, 0) is 34.3 Å². The lowest BCUT2D eigenvalue weighted by atomic mass is 10.3. The first-order valence-corrected chi connectivity index (χ1v) is 6.90. The molecule has 0 saturated carbocycles. The molecule has 100 valence electrons. The van der Waals surface area contributed by atoms with Gasteiger partial charge in [0.2, 0.25) is 11.8 Å². The van der Waals surface area contributed by atoms with E-state index in [2.05, 4.69) is 31.2 Å². The highest BCUT2D eigenvalue weighted by molar-refractivity contribution is 9.10. The summed E-state index contributed by atoms with van der Waals surface area (Å²) in [5.41, 5.74) is 5.61. The average Bonchev–Trinajstić information content (AvgIpc) is 2.70. The molecule has 0 bridgehead atoms. The fourth-order valence-corrected chi connectivity index (χ4v) is 2.98. The minimum absolute atomic E-state index is 0.0100. The number of anilines is 2. The molecule has 0 fully saturated rings. The second-order valence-corrected chi connectivity index (χ2v) is 5.52. The van der Waals surface area contributed by atoms with Crippen LogP contribution in [0.1, 0.15) is 10.6 Å². The molecule has 19 heavy (non-hydrogen) atoms. The molecule has 0 aliphatic carbocycles. The van der Waals surface area contributed by atoms with Crippen LogP contribution in [0.3, 0.4) is 0 Å². The normalized spacial score (nSPS) is 10.4. The third-order valence-electron chi connectivity index (χ3n) is 2.37. The number of nitrogens with zero attached hydrogens (tertiary/aromatic N) is 3. The molecule has 0 aromatic carbocycles. The van der Waals surface area contributed by atoms with E-state index in [1.165, 1.54) is 18.3 Å². The maximum absolute atomic E-state index is 11.0. The van der Waals surface area contributed by atoms with Gasteiger partial charge in [0.25, 0.3) is 0 Å². The molecule has 0 atom stereocenters. The third-order valence-corrected chi connectivity index (χ3v) is 4.29. The minimum Gasteiger partial charge on any atom is -0.368 e. The van der Waals surface area contributed by atoms with Crippen LogP contribution < -0.4 is 11.1 Å². The van der Waals surface area contributed by atoms with E-state index >= 15 is 0 Å². The van der Waals surface area contributed by atoms with Gasteiger partial charge < -0.3 is 11.1 Å². The molecule has 0 aliphatic rings. The Morgan fingerprint density at radius 3 is 2.89 bits per heavy atom. The summed E-state index contributed by atoms with van der Waals surface area (Å²) in [5, 5.41) is 15.9. The van der Waals surface area contributed by atoms with Crippen LogP contribution in [0.5, 0.6) is 0 Å². The number of halogens is 1. The molecule has 2 aromatic rings. The van der Waals surface area contributed by atoms with E-state index < -0.39 is 4.92 Å². The zero-order valence-corrected chi connectivity index (χ0v) is 12.3. The predicted octanol–water partition coefficient (Wildman–Crippen LogP) is 2.71. The van der Waals surface area contributed by atoms with E-state index in [0.29, 0.717) is 6.54 Å². The summed E-state index contributed by atoms with van der Waals surface area (Å²) in [4.78, 5) is 19.2. The van der Waals surface area contributed by atoms with Crippen molar-refractivity contribution in [3.8, 4) is 0 Å². The summed E-state index contributed by atoms with van der Waals surface area (Å²) in [6.45, 7) is 1.96. The highest BCUT2D eigenvalue weighted by Crippen LogP contribution is 2.28. The number of nitrogens with one attached hydrogen (secondary N) is 1. The predicted molar refractivity (Wildman–Crippen MR) is 77.2 cm³/mol. The van der Waals surface area contributed by atoms with E-state index in [0.717, 1.165) is 9.35 Å². The SMILES string of the molecule is Cc1nc(N)nc(NCc2sccc2Br)c1[N+](=O)[O-]. The Bertz CT molecular complexity index is 630. The molecule has 2 rings (SSSR count). The molecule has 0 unspecified atom stereocenters. The second kappa shape index (κ2) is 5.49. The van der Waals surface area contributed by atoms with Crippen LogP contribution in [0.4, 0.5) is 17.5 Å². The summed E-state index contributed by atoms with van der Waals surface area (Å²) < 4.78 is 0.950. The summed E-state index contributed by atoms with van der Waals surface area (Å²) in [6.07, 6.45) is 0. The van der Waals surface area contributed by atoms with E-state index in [-0.39, 0.29) is 23.1 Å². The van der Waals surface area contributed by atoms with Crippen molar-refractivity contribution in [3.63, 3.8) is 0 Å². The first-order chi connectivity index (χ1) is 8.99. The Balaban J connectivity index is 2.29. The number of aryl methyl sites for hydroxylation is 1. The Kier molecular flexibility index (Phi) is 3.96. The van der Waals surface area contributed by atoms with Gasteiger partial charge in [-0.25, -0.2) is 4.98 Å². The van der Waals surface area contributed by atoms with Crippen LogP contribution in [0.25, 0.3) is 0 Å². The van der Waals surface area contributed by atoms with Crippen molar-refractivity contribution >= 4 is 44.7 Å². The minimum atomic E-state index is -0.513. The number of aromatic nitrogens is 2. The van der Waals surface area contributed by atoms with Crippen molar-refractivity contribution in [2.75, 3.05) is 11.1 Å². The number of nitrogens with two attached hydrogens (primary N) is 1. The van der Waals surface area contributed by atoms with Gasteiger partial charge in [-0.2, -0.15) is 4.98 Å². The summed E-state index contributed by atoms with van der Waals surface area (Å²) in [5.74, 6) is 0.145. The largest absolute Gasteiger partial charge is 0.368 e. The van der Waals surface area contributed by atoms with Crippen LogP contribution in [0, 0.1) is 17.0 Å². The summed E-state index contributed by atoms with van der Waals surface area (Å²) in [7, 11) is 0. The number of nitrogen functional groups attached to an aromatic ring is 1. The van der Waals surface area contributed by atoms with E-state index in [9.17, 15) is 10.1 Å². The molecule has 0 spiro atoms. The molecule has 9 heteroatoms. The molecule has 2 aromatic heterocycles. The molecule has 3 N–H and O–H groups in total. The zero-order chi connectivity index (χ0) is 14.0. The van der Waals surface area contributed by atoms with Crippen LogP contribution in [-0.4, -0.2) is 14.9 Å². The van der Waals surface area contributed by atoms with Crippen molar-refractivity contribution < 1.29 is 4.92 Å². The monoisotopic (exact) mass is 343 g/mol. The number of hydrogen-bond donors (Lipinski definition) is 2. The molecular formula is C10H10BrN5O2S. The van der Waals surface area contributed by atoms with Gasteiger partial charge in [-0.15, -0.1) is 11.3 Å². The fourth-order valence-electron chi connectivity index (χ4n) is 1.55. The first kappa shape index (κ1) is 13.7. The molecule has 0 amide bonds. The Hall–Kier alpha value is -1.74. The Morgan fingerprint density at radius 1 is 1.58 bits per heavy atom. The van der Waals surface area contributed by atoms with E-state index in [4.69, 9.17) is 5.73 Å². The quantitative estimate of drug-likeness (QED) is 0.652. The van der Waals surface area contributed by atoms with Crippen molar-refractivity contribution in [1.29, 1.82) is 0 Å². The highest BCUT2D eigenvalue weighted by Gasteiger charge is 2.21. The molecule has 0 saturated heterocycles. The van der Waals surface area contributed by atoms with Crippen molar-refractivity contribution in [3.05, 3.63) is 36.6 Å². The van der Waals surface area contributed by atoms with Gasteiger partial charge in [-0.3, -0.25) is 10.1 Å². The summed E-state index contributed by atoms with van der Waals surface area (Å²) >= 11 is 4.93. The smallest absolute Gasteiger partial charge is 0.332 e. The molecular weight excluding hydrogens is 334 g/mol. The Morgan fingerprint density at radius 2 is 2.32 bits per heavy atom. The van der Waals surface area contributed by atoms with Crippen LogP contribution in [0.2, 0.25) is 0 Å². The van der Waals surface area contributed by atoms with Gasteiger partial charge >= 0.3 is 5.69 Å². The van der Waals surface area contributed by atoms with Gasteiger partial charge in [0.1, 0.15) is 5.69 Å². The van der Waals surface area contributed by atoms with Crippen molar-refractivity contribution in [2.45, 2.75) is 13.5 Å². The third kappa shape index (κ3) is 2.99. The Labute approximate surface area is 121 Å². The second-order valence-electron chi connectivity index (χ2n) is 3.67. The molecule has 0 aliphatic heterocycles. The molecule has 7 nitrogen and oxygen atoms in total. The molecule has 0 radical (unpaired) electrons. The standard InChI is InChI=1S/C10H10BrN5O2S/c1-5-8(16(17)18)9(15-10(12)14-5)13-4-7-6(11)2-3-19-7/h2-3H,4H2,1H3,(H3,12,13,14,15). The number of hydrogen-bond acceptors (Lipinski definition) is 7. The van der Waals surface area contributed by atoms with E-state index in [1.54, 1.807) is 0 Å². The number of nitro groups is 1. The number of rotatable bonds is 4. The van der Waals surface area contributed by atoms with Gasteiger partial charge in [0, 0.05) is 9.35 Å². The number of thiophene rings is 1. The van der Waals surface area contributed by atoms with Gasteiger partial charge in [-0.1, -0.05) is 0 Å². The van der Waals surface area contributed by atoms with Crippen LogP contribution in [0.15, 0.2) is 15.9 Å². The highest BCUT2D eigenvalue weighted by atomic mass is 79.9.